The normalized spacial score (nSPS) is 15.2. The minimum absolute atomic E-state index is 0.0533. The number of nitrogens with zero attached hydrogens (tertiary/aromatic N) is 1. The van der Waals surface area contributed by atoms with Crippen molar-refractivity contribution in [1.82, 2.24) is 4.98 Å². The molecule has 0 bridgehead atoms. The van der Waals surface area contributed by atoms with Crippen molar-refractivity contribution in [3.63, 3.8) is 0 Å². The summed E-state index contributed by atoms with van der Waals surface area (Å²) in [7, 11) is 0. The second kappa shape index (κ2) is 4.29. The molecule has 102 valence electrons. The third-order valence-corrected chi connectivity index (χ3v) is 4.46. The van der Waals surface area contributed by atoms with Crippen molar-refractivity contribution in [3.8, 4) is 22.4 Å². The summed E-state index contributed by atoms with van der Waals surface area (Å²) in [5.74, 6) is 0. The first-order valence-corrected chi connectivity index (χ1v) is 7.25. The fraction of sp³-hybridized carbons (Fsp3) is 0.150. The van der Waals surface area contributed by atoms with Gasteiger partial charge in [-0.2, -0.15) is 0 Å². The van der Waals surface area contributed by atoms with Crippen LogP contribution >= 0.6 is 0 Å². The van der Waals surface area contributed by atoms with E-state index in [1.54, 1.807) is 12.3 Å². The van der Waals surface area contributed by atoms with Gasteiger partial charge in [0, 0.05) is 17.2 Å². The third-order valence-electron chi connectivity index (χ3n) is 4.46. The van der Waals surface area contributed by atoms with Gasteiger partial charge in [0.1, 0.15) is 0 Å². The molecular weight excluding hydrogens is 254 g/mol. The second-order valence-corrected chi connectivity index (χ2v) is 6.04. The first-order chi connectivity index (χ1) is 10.6. The van der Waals surface area contributed by atoms with Crippen molar-refractivity contribution in [2.75, 3.05) is 0 Å². The molecule has 0 aliphatic heterocycles. The summed E-state index contributed by atoms with van der Waals surface area (Å²) in [5.41, 5.74) is 7.23. The van der Waals surface area contributed by atoms with Crippen LogP contribution in [0.25, 0.3) is 22.4 Å². The number of hydrogen-bond acceptors (Lipinski definition) is 1. The molecule has 1 aliphatic carbocycles. The fourth-order valence-electron chi connectivity index (χ4n) is 3.53. The quantitative estimate of drug-likeness (QED) is 0.603. The van der Waals surface area contributed by atoms with Crippen molar-refractivity contribution in [2.45, 2.75) is 19.3 Å². The highest BCUT2D eigenvalue weighted by atomic mass is 14.7. The van der Waals surface area contributed by atoms with E-state index in [1.807, 2.05) is 6.07 Å². The Balaban J connectivity index is 2.04. The van der Waals surface area contributed by atoms with E-state index in [4.69, 9.17) is 1.37 Å². The van der Waals surface area contributed by atoms with Crippen molar-refractivity contribution >= 4 is 0 Å². The molecule has 1 aromatic heterocycles. The van der Waals surface area contributed by atoms with E-state index >= 15 is 0 Å². The summed E-state index contributed by atoms with van der Waals surface area (Å²) in [6.07, 6.45) is 1.71. The lowest BCUT2D eigenvalue weighted by molar-refractivity contribution is 0.662. The zero-order valence-corrected chi connectivity index (χ0v) is 12.2. The molecule has 0 atom stereocenters. The molecule has 0 saturated carbocycles. The fourth-order valence-corrected chi connectivity index (χ4v) is 3.53. The van der Waals surface area contributed by atoms with Gasteiger partial charge in [0.2, 0.25) is 0 Å². The molecule has 21 heavy (non-hydrogen) atoms. The Morgan fingerprint density at radius 2 is 1.62 bits per heavy atom. The molecule has 1 heteroatoms. The summed E-state index contributed by atoms with van der Waals surface area (Å²) in [6, 6.07) is 19.1. The monoisotopic (exact) mass is 272 g/mol. The van der Waals surface area contributed by atoms with Crippen molar-refractivity contribution in [1.29, 1.82) is 0 Å². The van der Waals surface area contributed by atoms with Gasteiger partial charge in [0.25, 0.3) is 0 Å². The summed E-state index contributed by atoms with van der Waals surface area (Å²) in [5, 5.41) is 0. The summed E-state index contributed by atoms with van der Waals surface area (Å²) < 4.78 is 7.87. The highest BCUT2D eigenvalue weighted by Crippen LogP contribution is 2.51. The lowest BCUT2D eigenvalue weighted by Crippen LogP contribution is -2.16. The van der Waals surface area contributed by atoms with E-state index < -0.39 is 0 Å². The van der Waals surface area contributed by atoms with E-state index in [9.17, 15) is 0 Å². The maximum Gasteiger partial charge on any atom is 0.0705 e. The van der Waals surface area contributed by atoms with Crippen LogP contribution in [0.4, 0.5) is 0 Å². The SMILES string of the molecule is [2H]c1ccnc(-c2cccc3c2C(C)(C)c2ccccc2-3)c1. The van der Waals surface area contributed by atoms with Crippen LogP contribution in [0.5, 0.6) is 0 Å². The van der Waals surface area contributed by atoms with Crippen molar-refractivity contribution in [3.05, 3.63) is 78.0 Å². The maximum atomic E-state index is 7.87. The van der Waals surface area contributed by atoms with Crippen molar-refractivity contribution in [2.24, 2.45) is 0 Å². The zero-order chi connectivity index (χ0) is 15.3. The van der Waals surface area contributed by atoms with Gasteiger partial charge >= 0.3 is 0 Å². The standard InChI is InChI=1S/C20H17N/c1-20(2)17-11-4-3-8-14(17)15-9-7-10-16(19(15)20)18-12-5-6-13-21-18/h3-13H,1-2H3/i5D. The molecule has 2 aromatic carbocycles. The molecule has 1 heterocycles. The van der Waals surface area contributed by atoms with Crippen LogP contribution in [0.2, 0.25) is 0 Å². The van der Waals surface area contributed by atoms with Crippen molar-refractivity contribution < 1.29 is 1.37 Å². The Bertz CT molecular complexity index is 880. The number of pyridine rings is 1. The summed E-state index contributed by atoms with van der Waals surface area (Å²) >= 11 is 0. The smallest absolute Gasteiger partial charge is 0.0705 e. The molecule has 0 fully saturated rings. The molecule has 3 aromatic rings. The van der Waals surface area contributed by atoms with Gasteiger partial charge < -0.3 is 0 Å². The molecule has 0 unspecified atom stereocenters. The lowest BCUT2D eigenvalue weighted by atomic mass is 9.79. The average Bonchev–Trinajstić information content (AvgIpc) is 2.76. The van der Waals surface area contributed by atoms with E-state index in [-0.39, 0.29) is 5.41 Å². The lowest BCUT2D eigenvalue weighted by Gasteiger charge is -2.24. The van der Waals surface area contributed by atoms with Gasteiger partial charge in [0.05, 0.1) is 7.06 Å². The topological polar surface area (TPSA) is 12.9 Å². The van der Waals surface area contributed by atoms with E-state index in [2.05, 4.69) is 61.3 Å². The first kappa shape index (κ1) is 11.3. The van der Waals surface area contributed by atoms with Crippen LogP contribution in [0.3, 0.4) is 0 Å². The molecule has 0 amide bonds. The van der Waals surface area contributed by atoms with E-state index in [1.165, 1.54) is 22.3 Å². The Morgan fingerprint density at radius 1 is 0.857 bits per heavy atom. The third kappa shape index (κ3) is 1.67. The molecule has 0 N–H and O–H groups in total. The molecule has 0 spiro atoms. The Kier molecular flexibility index (Phi) is 2.30. The van der Waals surface area contributed by atoms with Gasteiger partial charge in [-0.3, -0.25) is 4.98 Å². The summed E-state index contributed by atoms with van der Waals surface area (Å²) in [6.45, 7) is 4.54. The highest BCUT2D eigenvalue weighted by molar-refractivity contribution is 5.87. The van der Waals surface area contributed by atoms with Gasteiger partial charge in [-0.1, -0.05) is 62.4 Å². The largest absolute Gasteiger partial charge is 0.256 e. The van der Waals surface area contributed by atoms with Gasteiger partial charge in [-0.25, -0.2) is 0 Å². The van der Waals surface area contributed by atoms with Crippen LogP contribution in [0, 0.1) is 0 Å². The van der Waals surface area contributed by atoms with Gasteiger partial charge in [0.15, 0.2) is 0 Å². The highest BCUT2D eigenvalue weighted by Gasteiger charge is 2.37. The molecule has 1 nitrogen and oxygen atoms in total. The van der Waals surface area contributed by atoms with Crippen LogP contribution in [0.1, 0.15) is 26.3 Å². The van der Waals surface area contributed by atoms with Gasteiger partial charge in [-0.15, -0.1) is 0 Å². The van der Waals surface area contributed by atoms with E-state index in [0.717, 1.165) is 11.3 Å². The zero-order valence-electron chi connectivity index (χ0n) is 13.2. The average molecular weight is 272 g/mol. The predicted molar refractivity (Wildman–Crippen MR) is 87.2 cm³/mol. The van der Waals surface area contributed by atoms with Crippen LogP contribution in [-0.2, 0) is 5.41 Å². The number of rotatable bonds is 1. The Hall–Kier alpha value is -2.41. The van der Waals surface area contributed by atoms with Crippen LogP contribution in [0.15, 0.2) is 66.8 Å². The number of hydrogen-bond donors (Lipinski definition) is 0. The molecule has 0 saturated heterocycles. The molecule has 1 aliphatic rings. The molecule has 0 radical (unpaired) electrons. The van der Waals surface area contributed by atoms with Gasteiger partial charge in [-0.05, 0) is 34.4 Å². The molecular formula is C20H17N. The summed E-state index contributed by atoms with van der Waals surface area (Å²) in [4.78, 5) is 4.50. The maximum absolute atomic E-state index is 7.87. The minimum atomic E-state index is -0.0533. The van der Waals surface area contributed by atoms with Crippen LogP contribution in [-0.4, -0.2) is 4.98 Å². The first-order valence-electron chi connectivity index (χ1n) is 7.75. The Morgan fingerprint density at radius 3 is 2.48 bits per heavy atom. The van der Waals surface area contributed by atoms with E-state index in [0.29, 0.717) is 6.04 Å². The number of benzene rings is 2. The van der Waals surface area contributed by atoms with Crippen LogP contribution < -0.4 is 0 Å². The second-order valence-electron chi connectivity index (χ2n) is 6.04. The predicted octanol–water partition coefficient (Wildman–Crippen LogP) is 5.05. The number of aromatic nitrogens is 1. The Labute approximate surface area is 126 Å². The number of fused-ring (bicyclic) bond motifs is 3. The minimum Gasteiger partial charge on any atom is -0.256 e. The molecule has 4 rings (SSSR count).